The van der Waals surface area contributed by atoms with Crippen LogP contribution < -0.4 is 20.0 Å². The summed E-state index contributed by atoms with van der Waals surface area (Å²) in [5, 5.41) is 12.1. The second kappa shape index (κ2) is 14.5. The summed E-state index contributed by atoms with van der Waals surface area (Å²) in [6.07, 6.45) is 7.93. The Kier molecular flexibility index (Phi) is 9.49. The summed E-state index contributed by atoms with van der Waals surface area (Å²) >= 11 is 6.38. The van der Waals surface area contributed by atoms with Crippen molar-refractivity contribution < 1.29 is 19.2 Å². The first-order valence-electron chi connectivity index (χ1n) is 20.1. The number of carbonyl (C=O) groups excluding carboxylic acids is 4. The van der Waals surface area contributed by atoms with Crippen LogP contribution in [0.15, 0.2) is 54.7 Å². The summed E-state index contributed by atoms with van der Waals surface area (Å²) in [6, 6.07) is 17.3. The van der Waals surface area contributed by atoms with Crippen molar-refractivity contribution in [3.63, 3.8) is 0 Å². The topological polar surface area (TPSA) is 133 Å². The molecule has 1 spiro atoms. The van der Waals surface area contributed by atoms with Gasteiger partial charge >= 0.3 is 0 Å². The van der Waals surface area contributed by atoms with E-state index in [0.29, 0.717) is 45.0 Å². The zero-order valence-corrected chi connectivity index (χ0v) is 32.5. The maximum Gasteiger partial charge on any atom is 0.262 e. The number of halogens is 1. The van der Waals surface area contributed by atoms with Gasteiger partial charge in [-0.1, -0.05) is 11.6 Å². The molecule has 9 rings (SSSR count). The number of imide groups is 2. The van der Waals surface area contributed by atoms with Crippen molar-refractivity contribution in [3.8, 4) is 6.07 Å². The molecule has 5 saturated heterocycles. The molecule has 12 nitrogen and oxygen atoms in total. The third-order valence-electron chi connectivity index (χ3n) is 13.5. The molecule has 13 heteroatoms. The second-order valence-corrected chi connectivity index (χ2v) is 17.3. The summed E-state index contributed by atoms with van der Waals surface area (Å²) in [5.41, 5.74) is 5.80. The lowest BCUT2D eigenvalue weighted by Gasteiger charge is -2.46. The van der Waals surface area contributed by atoms with Gasteiger partial charge < -0.3 is 14.7 Å². The second-order valence-electron chi connectivity index (χ2n) is 16.9. The number of carbonyl (C=O) groups is 4. The lowest BCUT2D eigenvalue weighted by Crippen LogP contribution is -2.54. The summed E-state index contributed by atoms with van der Waals surface area (Å²) in [4.78, 5) is 66.2. The lowest BCUT2D eigenvalue weighted by atomic mass is 9.76. The van der Waals surface area contributed by atoms with Gasteiger partial charge in [0.15, 0.2) is 0 Å². The van der Waals surface area contributed by atoms with Gasteiger partial charge in [0.1, 0.15) is 12.1 Å². The molecular weight excluding hydrogens is 728 g/mol. The molecule has 56 heavy (non-hydrogen) atoms. The van der Waals surface area contributed by atoms with Gasteiger partial charge in [0.05, 0.1) is 39.3 Å². The number of hydrogen-bond donors (Lipinski definition) is 1. The molecule has 1 unspecified atom stereocenters. The number of nitriles is 1. The highest BCUT2D eigenvalue weighted by Gasteiger charge is 2.46. The molecule has 6 aliphatic rings. The van der Waals surface area contributed by atoms with Gasteiger partial charge in [-0.15, -0.1) is 0 Å². The Morgan fingerprint density at radius 1 is 0.857 bits per heavy atom. The monoisotopic (exact) mass is 774 g/mol. The summed E-state index contributed by atoms with van der Waals surface area (Å²) in [5.74, 6) is -0.589. The first-order valence-corrected chi connectivity index (χ1v) is 20.4. The van der Waals surface area contributed by atoms with E-state index in [9.17, 15) is 24.4 Å². The molecule has 6 aliphatic heterocycles. The molecule has 290 valence electrons. The predicted octanol–water partition coefficient (Wildman–Crippen LogP) is 5.24. The van der Waals surface area contributed by atoms with E-state index in [4.69, 9.17) is 16.6 Å². The molecular formula is C43H47ClN8O4. The summed E-state index contributed by atoms with van der Waals surface area (Å²) in [6.45, 7) is 10.2. The number of likely N-dealkylation sites (tertiary alicyclic amines) is 1. The largest absolute Gasteiger partial charge is 0.371 e. The Morgan fingerprint density at radius 2 is 1.57 bits per heavy atom. The molecule has 4 amide bonds. The Hall–Kier alpha value is -4.99. The number of amides is 4. The maximum absolute atomic E-state index is 13.3. The standard InChI is InChI=1S/C43H47ClN8O4/c1-27-20-43(26-51(27)33-4-2-29(21-45)37(44)19-33)12-16-50(17-13-43)34-5-3-31(46-22-34)25-48-23-30(24-48)28-10-14-49(15-11-28)32-6-7-35-36(18-32)42(56)52(41(35)55)38-8-9-39(53)47-40(38)54/h2-7,18-19,22,27-28,30,38H,8-17,20,23-26H2,1H3,(H,47,53,54)/t27-,38?/m0/s1. The molecule has 2 aromatic carbocycles. The van der Waals surface area contributed by atoms with Gasteiger partial charge in [-0.2, -0.15) is 5.26 Å². The third kappa shape index (κ3) is 6.68. The Morgan fingerprint density at radius 3 is 2.27 bits per heavy atom. The predicted molar refractivity (Wildman–Crippen MR) is 213 cm³/mol. The molecule has 0 saturated carbocycles. The van der Waals surface area contributed by atoms with Crippen LogP contribution in [0.3, 0.4) is 0 Å². The van der Waals surface area contributed by atoms with Crippen LogP contribution in [0.25, 0.3) is 0 Å². The Bertz CT molecular complexity index is 2110. The zero-order chi connectivity index (χ0) is 38.7. The number of nitrogens with zero attached hydrogens (tertiary/aromatic N) is 7. The van der Waals surface area contributed by atoms with Crippen molar-refractivity contribution in [2.75, 3.05) is 60.5 Å². The summed E-state index contributed by atoms with van der Waals surface area (Å²) in [7, 11) is 0. The highest BCUT2D eigenvalue weighted by Crippen LogP contribution is 2.46. The lowest BCUT2D eigenvalue weighted by molar-refractivity contribution is -0.136. The van der Waals surface area contributed by atoms with Crippen LogP contribution in [0.1, 0.15) is 83.8 Å². The first kappa shape index (κ1) is 36.6. The molecule has 5 fully saturated rings. The molecule has 0 aliphatic carbocycles. The number of aromatic nitrogens is 1. The molecule has 7 heterocycles. The molecule has 1 N–H and O–H groups in total. The van der Waals surface area contributed by atoms with E-state index < -0.39 is 23.8 Å². The molecule has 3 aromatic rings. The van der Waals surface area contributed by atoms with Gasteiger partial charge in [-0.3, -0.25) is 39.3 Å². The fourth-order valence-corrected chi connectivity index (χ4v) is 10.5. The fraction of sp³-hybridized carbons (Fsp3) is 0.488. The smallest absolute Gasteiger partial charge is 0.262 e. The SMILES string of the molecule is C[C@H]1CC2(CCN(c3ccc(CN4CC(C5CCN(c6ccc7c(c6)C(=O)N(C6CCC(=O)NC6=O)C7=O)CC5)C4)nc3)CC2)CN1c1ccc(C#N)c(Cl)c1. The van der Waals surface area contributed by atoms with Gasteiger partial charge in [0.2, 0.25) is 11.8 Å². The first-order chi connectivity index (χ1) is 27.1. The Balaban J connectivity index is 0.724. The van der Waals surface area contributed by atoms with Crippen molar-refractivity contribution in [1.29, 1.82) is 5.26 Å². The zero-order valence-electron chi connectivity index (χ0n) is 31.8. The van der Waals surface area contributed by atoms with Gasteiger partial charge in [0.25, 0.3) is 11.8 Å². The number of piperidine rings is 3. The van der Waals surface area contributed by atoms with Gasteiger partial charge in [-0.05, 0) is 111 Å². The van der Waals surface area contributed by atoms with E-state index in [-0.39, 0.29) is 18.7 Å². The van der Waals surface area contributed by atoms with Crippen LogP contribution in [0, 0.1) is 28.6 Å². The van der Waals surface area contributed by atoms with Crippen molar-refractivity contribution in [2.45, 2.75) is 70.5 Å². The van der Waals surface area contributed by atoms with Crippen LogP contribution in [-0.2, 0) is 16.1 Å². The molecule has 1 aromatic heterocycles. The maximum atomic E-state index is 13.3. The van der Waals surface area contributed by atoms with E-state index in [2.05, 4.69) is 56.2 Å². The number of anilines is 3. The van der Waals surface area contributed by atoms with Crippen LogP contribution in [0.5, 0.6) is 0 Å². The number of fused-ring (bicyclic) bond motifs is 1. The van der Waals surface area contributed by atoms with Crippen molar-refractivity contribution >= 4 is 52.3 Å². The van der Waals surface area contributed by atoms with Crippen LogP contribution in [0.2, 0.25) is 5.02 Å². The minimum atomic E-state index is -0.956. The number of benzene rings is 2. The third-order valence-corrected chi connectivity index (χ3v) is 13.8. The highest BCUT2D eigenvalue weighted by molar-refractivity contribution is 6.32. The quantitative estimate of drug-likeness (QED) is 0.318. The average Bonchev–Trinajstić information content (AvgIpc) is 3.64. The number of rotatable bonds is 7. The van der Waals surface area contributed by atoms with E-state index >= 15 is 0 Å². The van der Waals surface area contributed by atoms with Crippen molar-refractivity contribution in [3.05, 3.63) is 82.1 Å². The minimum Gasteiger partial charge on any atom is -0.371 e. The van der Waals surface area contributed by atoms with Gasteiger partial charge in [0, 0.05) is 76.2 Å². The molecule has 0 bridgehead atoms. The number of pyridine rings is 1. The normalized spacial score (nSPS) is 24.4. The average molecular weight is 775 g/mol. The van der Waals surface area contributed by atoms with Crippen LogP contribution >= 0.6 is 11.6 Å². The van der Waals surface area contributed by atoms with E-state index in [1.165, 1.54) is 12.1 Å². The number of nitrogens with one attached hydrogen (secondary N) is 1. The molecule has 2 atom stereocenters. The van der Waals surface area contributed by atoms with Crippen molar-refractivity contribution in [1.82, 2.24) is 20.1 Å². The minimum absolute atomic E-state index is 0.105. The fourth-order valence-electron chi connectivity index (χ4n) is 10.3. The van der Waals surface area contributed by atoms with Gasteiger partial charge in [-0.25, -0.2) is 0 Å². The Labute approximate surface area is 332 Å². The van der Waals surface area contributed by atoms with E-state index in [1.807, 2.05) is 24.3 Å². The summed E-state index contributed by atoms with van der Waals surface area (Å²) < 4.78 is 0. The van der Waals surface area contributed by atoms with E-state index in [0.717, 1.165) is 100 Å². The van der Waals surface area contributed by atoms with Crippen LogP contribution in [0.4, 0.5) is 17.1 Å². The number of hydrogen-bond acceptors (Lipinski definition) is 10. The highest BCUT2D eigenvalue weighted by atomic mass is 35.5. The molecule has 0 radical (unpaired) electrons. The van der Waals surface area contributed by atoms with Crippen molar-refractivity contribution in [2.24, 2.45) is 17.3 Å². The van der Waals surface area contributed by atoms with Crippen LogP contribution in [-0.4, -0.2) is 96.3 Å². The van der Waals surface area contributed by atoms with E-state index in [1.54, 1.807) is 12.1 Å².